The molecule has 26 heteroatoms. The average Bonchev–Trinajstić information content (AvgIpc) is 0.754. The van der Waals surface area contributed by atoms with E-state index in [-0.39, 0.29) is 32.1 Å². The zero-order chi connectivity index (χ0) is 86.1. The Bertz CT molecular complexity index is 2500. The van der Waals surface area contributed by atoms with Crippen LogP contribution in [0.4, 0.5) is 0 Å². The van der Waals surface area contributed by atoms with Crippen LogP contribution in [0.15, 0.2) is 12.2 Å². The first kappa shape index (κ1) is 109. The van der Waals surface area contributed by atoms with E-state index in [0.717, 1.165) is 122 Å². The molecule has 0 radical (unpaired) electrons. The Labute approximate surface area is 712 Å². The van der Waals surface area contributed by atoms with Crippen LogP contribution in [0.5, 0.6) is 0 Å². The molecule has 3 fully saturated rings. The second-order valence-electron chi connectivity index (χ2n) is 34.2. The quantitative estimate of drug-likeness (QED) is 0.00889. The van der Waals surface area contributed by atoms with Gasteiger partial charge in [-0.2, -0.15) is 0 Å². The summed E-state index contributed by atoms with van der Waals surface area (Å²) < 4.78 is 73.5. The van der Waals surface area contributed by atoms with Crippen LogP contribution in [0.25, 0.3) is 0 Å². The van der Waals surface area contributed by atoms with Crippen LogP contribution in [-0.2, 0) is 70.7 Å². The number of hydrogen-bond donors (Lipinski definition) is 10. The van der Waals surface area contributed by atoms with Crippen molar-refractivity contribution in [2.45, 2.75) is 524 Å². The number of rotatable bonds is 78. The third kappa shape index (κ3) is 51.0. The van der Waals surface area contributed by atoms with E-state index in [2.05, 4.69) is 39.8 Å². The highest BCUT2D eigenvalue weighted by Crippen LogP contribution is 2.49. The zero-order valence-corrected chi connectivity index (χ0v) is 74.9. The molecule has 18 atom stereocenters. The first-order chi connectivity index (χ1) is 57.2. The largest absolute Gasteiger partial charge is 0.472 e. The molecule has 0 spiro atoms. The second kappa shape index (κ2) is 71.4. The lowest BCUT2D eigenvalue weighted by molar-refractivity contribution is -0.360. The molecule has 0 bridgehead atoms. The van der Waals surface area contributed by atoms with Gasteiger partial charge in [0.05, 0.1) is 13.2 Å². The molecule has 2 saturated heterocycles. The van der Waals surface area contributed by atoms with E-state index in [9.17, 15) is 74.6 Å². The van der Waals surface area contributed by atoms with Gasteiger partial charge in [0.25, 0.3) is 0 Å². The summed E-state index contributed by atoms with van der Waals surface area (Å²) in [5, 5.41) is 102. The maximum atomic E-state index is 14.9. The molecule has 0 aromatic carbocycles. The van der Waals surface area contributed by atoms with Gasteiger partial charge in [-0.15, -0.1) is 0 Å². The number of unbranched alkanes of at least 4 members (excludes halogenated alkanes) is 52. The Kier molecular flexibility index (Phi) is 66.2. The molecule has 0 aromatic heterocycles. The summed E-state index contributed by atoms with van der Waals surface area (Å²) in [5.74, 6) is -2.96. The highest BCUT2D eigenvalue weighted by atomic mass is 31.2. The first-order valence-electron chi connectivity index (χ1n) is 47.9. The Hall–Kier alpha value is -2.79. The van der Waals surface area contributed by atoms with Crippen LogP contribution in [0.3, 0.4) is 0 Å². The number of hydrogen-bond acceptors (Lipinski definition) is 24. The van der Waals surface area contributed by atoms with Gasteiger partial charge in [-0.1, -0.05) is 354 Å². The minimum atomic E-state index is -5.81. The number of phosphoric acid groups is 1. The highest BCUT2D eigenvalue weighted by Gasteiger charge is 2.60. The maximum Gasteiger partial charge on any atom is 0.472 e. The molecule has 0 aromatic rings. The second-order valence-corrected chi connectivity index (χ2v) is 35.6. The molecular weight excluding hydrogens is 1540 g/mol. The molecule has 2 aliphatic heterocycles. The molecule has 118 heavy (non-hydrogen) atoms. The van der Waals surface area contributed by atoms with E-state index in [1.165, 1.54) is 205 Å². The first-order valence-corrected chi connectivity index (χ1v) is 49.4. The van der Waals surface area contributed by atoms with Crippen molar-refractivity contribution < 1.29 is 122 Å². The number of carbonyl (C=O) groups is 4. The van der Waals surface area contributed by atoms with Crippen LogP contribution in [-0.4, -0.2) is 205 Å². The van der Waals surface area contributed by atoms with Crippen LogP contribution < -0.4 is 0 Å². The average molecular weight is 1710 g/mol. The van der Waals surface area contributed by atoms with Crippen LogP contribution in [0.1, 0.15) is 419 Å². The Morgan fingerprint density at radius 2 is 0.636 bits per heavy atom. The predicted octanol–water partition coefficient (Wildman–Crippen LogP) is 17.9. The molecule has 25 nitrogen and oxygen atoms in total. The topological polar surface area (TPSA) is 380 Å². The van der Waals surface area contributed by atoms with Crippen molar-refractivity contribution in [2.24, 2.45) is 0 Å². The number of carbonyl (C=O) groups excluding carboxylic acids is 4. The fourth-order valence-corrected chi connectivity index (χ4v) is 16.9. The van der Waals surface area contributed by atoms with Gasteiger partial charge >= 0.3 is 31.7 Å². The van der Waals surface area contributed by atoms with Crippen molar-refractivity contribution in [1.29, 1.82) is 0 Å². The fourth-order valence-electron chi connectivity index (χ4n) is 15.9. The minimum Gasteiger partial charge on any atom is -0.463 e. The molecule has 0 amide bonds. The standard InChI is InChI=1S/C92H171O25P/c1-5-9-13-17-21-25-29-33-36-39-43-47-50-54-58-62-66-77(96)111-72(69-108-75(94)64-60-56-52-48-44-41-37-34-30-26-22-18-14-10-6-2)70-110-118(106,107)117-90-88(115-91-85(104)81(100)79(98)73(68-93)112-91)84(103)83(102)87(114-78(97)67-63-59-55-51-46-40-32-28-24-20-16-12-8-4)89(90)116-92-86(105)82(101)80(99)74(113-92)71-109-76(95)65-61-57-53-49-45-42-38-35-31-27-23-19-15-11-7-3/h40,46,72-74,79-93,98-105H,5-39,41-45,47-71H2,1-4H3,(H,106,107)/b46-40-. The van der Waals surface area contributed by atoms with Crippen molar-refractivity contribution in [2.75, 3.05) is 26.4 Å². The number of aliphatic hydroxyl groups excluding tert-OH is 9. The predicted molar refractivity (Wildman–Crippen MR) is 458 cm³/mol. The summed E-state index contributed by atoms with van der Waals surface area (Å²) in [6, 6.07) is 0. The summed E-state index contributed by atoms with van der Waals surface area (Å²) in [4.78, 5) is 66.5. The zero-order valence-electron chi connectivity index (χ0n) is 74.0. The van der Waals surface area contributed by atoms with E-state index in [1.54, 1.807) is 0 Å². The van der Waals surface area contributed by atoms with Gasteiger partial charge < -0.3 is 88.7 Å². The molecule has 2 heterocycles. The Morgan fingerprint density at radius 1 is 0.331 bits per heavy atom. The fraction of sp³-hybridized carbons (Fsp3) is 0.935. The molecule has 18 unspecified atom stereocenters. The van der Waals surface area contributed by atoms with Gasteiger partial charge in [-0.25, -0.2) is 4.57 Å². The van der Waals surface area contributed by atoms with Crippen molar-refractivity contribution in [3.8, 4) is 0 Å². The van der Waals surface area contributed by atoms with Crippen molar-refractivity contribution in [3.05, 3.63) is 12.2 Å². The Morgan fingerprint density at radius 3 is 1.02 bits per heavy atom. The van der Waals surface area contributed by atoms with Crippen LogP contribution >= 0.6 is 7.82 Å². The number of esters is 4. The monoisotopic (exact) mass is 1710 g/mol. The number of aliphatic hydroxyl groups is 9. The maximum absolute atomic E-state index is 14.9. The van der Waals surface area contributed by atoms with E-state index in [4.69, 9.17) is 46.9 Å². The van der Waals surface area contributed by atoms with E-state index in [0.29, 0.717) is 32.1 Å². The van der Waals surface area contributed by atoms with Crippen LogP contribution in [0, 0.1) is 0 Å². The smallest absolute Gasteiger partial charge is 0.463 e. The van der Waals surface area contributed by atoms with Crippen LogP contribution in [0.2, 0.25) is 0 Å². The van der Waals surface area contributed by atoms with Gasteiger partial charge in [0.15, 0.2) is 24.8 Å². The highest BCUT2D eigenvalue weighted by molar-refractivity contribution is 7.47. The lowest BCUT2D eigenvalue weighted by Gasteiger charge is -2.50. The molecule has 10 N–H and O–H groups in total. The van der Waals surface area contributed by atoms with E-state index in [1.807, 2.05) is 0 Å². The number of allylic oxidation sites excluding steroid dienone is 2. The number of phosphoric ester groups is 1. The van der Waals surface area contributed by atoms with E-state index < -0.39 is 162 Å². The summed E-state index contributed by atoms with van der Waals surface area (Å²) in [6.45, 7) is 5.62. The summed E-state index contributed by atoms with van der Waals surface area (Å²) in [7, 11) is -5.81. The summed E-state index contributed by atoms with van der Waals surface area (Å²) in [6.07, 6.45) is 30.6. The molecule has 3 aliphatic rings. The van der Waals surface area contributed by atoms with Gasteiger partial charge in [-0.3, -0.25) is 28.2 Å². The third-order valence-corrected chi connectivity index (χ3v) is 24.5. The van der Waals surface area contributed by atoms with Crippen molar-refractivity contribution in [3.63, 3.8) is 0 Å². The van der Waals surface area contributed by atoms with Gasteiger partial charge in [-0.05, 0) is 51.4 Å². The molecule has 694 valence electrons. The van der Waals surface area contributed by atoms with Crippen molar-refractivity contribution >= 4 is 31.7 Å². The SMILES string of the molecule is CCCCCCCC/C=C\CCCCCC(=O)OC1C(O)C(O)C(OC2OC(CO)C(O)C(O)C2O)C(OP(=O)(O)OCC(COC(=O)CCCCCCCCCCCCCCCCC)OC(=O)CCCCCCCCCCCCCCCCCC)C1OC1OC(COC(=O)CCCCCCCCCCCCCCCCC)C(O)C(O)C1O. The lowest BCUT2D eigenvalue weighted by atomic mass is 9.84. The van der Waals surface area contributed by atoms with Gasteiger partial charge in [0.1, 0.15) is 92.6 Å². The minimum absolute atomic E-state index is 0.0174. The molecular formula is C92H171O25P. The van der Waals surface area contributed by atoms with Gasteiger partial charge in [0.2, 0.25) is 0 Å². The Balaban J connectivity index is 1.90. The third-order valence-electron chi connectivity index (χ3n) is 23.5. The summed E-state index contributed by atoms with van der Waals surface area (Å²) in [5.41, 5.74) is 0. The molecule has 1 aliphatic carbocycles. The normalized spacial score (nSPS) is 24.9. The molecule has 1 saturated carbocycles. The lowest BCUT2D eigenvalue weighted by Crippen LogP contribution is -2.70. The number of ether oxygens (including phenoxy) is 8. The summed E-state index contributed by atoms with van der Waals surface area (Å²) >= 11 is 0. The molecule has 3 rings (SSSR count). The van der Waals surface area contributed by atoms with Crippen molar-refractivity contribution in [1.82, 2.24) is 0 Å². The van der Waals surface area contributed by atoms with Gasteiger partial charge in [0, 0.05) is 25.7 Å². The van der Waals surface area contributed by atoms with E-state index >= 15 is 0 Å².